The van der Waals surface area contributed by atoms with Crippen molar-refractivity contribution in [2.24, 2.45) is 29.4 Å². The minimum absolute atomic E-state index is 0.00202. The molecule has 2 rings (SSSR count). The number of benzene rings is 1. The molecule has 0 radical (unpaired) electrons. The summed E-state index contributed by atoms with van der Waals surface area (Å²) in [7, 11) is 1.75. The van der Waals surface area contributed by atoms with Crippen LogP contribution in [-0.4, -0.2) is 113 Å². The second-order valence-electron chi connectivity index (χ2n) is 18.3. The Hall–Kier alpha value is -5.63. The number of carboxylic acids is 1. The number of nitrogens with zero attached hydrogens (tertiary/aromatic N) is 2. The highest BCUT2D eigenvalue weighted by Crippen LogP contribution is 2.31. The highest BCUT2D eigenvalue weighted by Gasteiger charge is 2.33. The molecule has 20 heteroatoms. The lowest BCUT2D eigenvalue weighted by atomic mass is 9.95. The van der Waals surface area contributed by atoms with E-state index in [1.165, 1.54) is 13.8 Å². The van der Waals surface area contributed by atoms with E-state index in [9.17, 15) is 43.5 Å². The Balaban J connectivity index is 2.22. The Morgan fingerprint density at radius 1 is 0.838 bits per heavy atom. The summed E-state index contributed by atoms with van der Waals surface area (Å²) in [5.74, 6) is -4.57. The zero-order chi connectivity index (χ0) is 51.2. The molecule has 8 atom stereocenters. The van der Waals surface area contributed by atoms with E-state index in [0.29, 0.717) is 49.5 Å². The maximum absolute atomic E-state index is 13.8. The number of unbranched alkanes of at least 4 members (excludes halogenated alkanes) is 1. The average molecular weight is 972 g/mol. The molecule has 2 aromatic rings. The summed E-state index contributed by atoms with van der Waals surface area (Å²) in [5, 5.41) is 28.0. The Bertz CT molecular complexity index is 1980. The molecule has 1 aromatic heterocycles. The third-order valence-electron chi connectivity index (χ3n) is 11.7. The molecular weight excluding hydrogens is 895 g/mol. The van der Waals surface area contributed by atoms with Gasteiger partial charge < -0.3 is 52.4 Å². The summed E-state index contributed by atoms with van der Waals surface area (Å²) < 4.78 is 5.84. The van der Waals surface area contributed by atoms with Crippen LogP contribution >= 0.6 is 11.3 Å². The highest BCUT2D eigenvalue weighted by atomic mass is 32.1. The van der Waals surface area contributed by atoms with E-state index in [1.807, 2.05) is 27.7 Å². The zero-order valence-corrected chi connectivity index (χ0v) is 42.5. The van der Waals surface area contributed by atoms with Gasteiger partial charge in [-0.05, 0) is 87.9 Å². The van der Waals surface area contributed by atoms with Gasteiger partial charge in [-0.25, -0.2) is 9.78 Å². The number of carbonyl (C=O) groups excluding carboxylic acids is 7. The van der Waals surface area contributed by atoms with Crippen LogP contribution in [0.5, 0.6) is 0 Å². The van der Waals surface area contributed by atoms with Crippen LogP contribution in [-0.2, 0) is 39.9 Å². The first-order valence-electron chi connectivity index (χ1n) is 23.7. The summed E-state index contributed by atoms with van der Waals surface area (Å²) in [5.41, 5.74) is 6.77. The number of aliphatic carboxylic acids is 1. The van der Waals surface area contributed by atoms with Gasteiger partial charge in [0.25, 0.3) is 5.91 Å². The number of nitrogens with two attached hydrogens (primary N) is 1. The number of ether oxygens (including phenoxy) is 1. The number of aromatic nitrogens is 1. The zero-order valence-electron chi connectivity index (χ0n) is 41.7. The van der Waals surface area contributed by atoms with E-state index in [4.69, 9.17) is 10.5 Å². The van der Waals surface area contributed by atoms with Gasteiger partial charge in [0.2, 0.25) is 29.5 Å². The van der Waals surface area contributed by atoms with E-state index in [-0.39, 0.29) is 60.6 Å². The maximum atomic E-state index is 13.8. The topological polar surface area (TPSA) is 280 Å². The summed E-state index contributed by atoms with van der Waals surface area (Å²) in [6, 6.07) is 2.94. The molecule has 0 bridgehead atoms. The first-order valence-corrected chi connectivity index (χ1v) is 24.6. The van der Waals surface area contributed by atoms with Crippen LogP contribution in [0.1, 0.15) is 141 Å². The lowest BCUT2D eigenvalue weighted by molar-refractivity contribution is -0.141. The van der Waals surface area contributed by atoms with Gasteiger partial charge in [0.1, 0.15) is 28.8 Å². The number of alkyl carbamates (subject to hydrolysis) is 1. The number of anilines is 1. The summed E-state index contributed by atoms with van der Waals surface area (Å²) in [4.78, 5) is 109. The minimum atomic E-state index is -1.04. The Morgan fingerprint density at radius 3 is 2.06 bits per heavy atom. The van der Waals surface area contributed by atoms with Crippen LogP contribution < -0.4 is 37.6 Å². The molecule has 9 N–H and O–H groups in total. The summed E-state index contributed by atoms with van der Waals surface area (Å²) in [6.07, 6.45) is 1.88. The van der Waals surface area contributed by atoms with Crippen LogP contribution in [0.4, 0.5) is 10.5 Å². The first-order chi connectivity index (χ1) is 32.0. The molecule has 1 aromatic carbocycles. The highest BCUT2D eigenvalue weighted by molar-refractivity contribution is 7.09. The fraction of sp³-hybridized carbons (Fsp3) is 0.646. The fourth-order valence-electron chi connectivity index (χ4n) is 7.33. The summed E-state index contributed by atoms with van der Waals surface area (Å²) in [6.45, 7) is 18.4. The van der Waals surface area contributed by atoms with Gasteiger partial charge in [0, 0.05) is 56.5 Å². The average Bonchev–Trinajstić information content (AvgIpc) is 3.77. The normalized spacial score (nSPS) is 14.8. The Kier molecular flexibility index (Phi) is 25.2. The quantitative estimate of drug-likeness (QED) is 0.0505. The lowest BCUT2D eigenvalue weighted by Crippen LogP contribution is -2.57. The standard InChI is InChI=1S/C48H77N9O10S/c1-12-29(7)22-40(59)57(11)38(27(3)4)25-39(67-48(66)50-13-2)46-55-37(26-68-46)44(62)54-35(23-30(8)47(64)65)24-33-17-19-34(20-18-33)53-42(60)31(9)51-45(63)41(28(5)6)56-43(61)36(52-32(10)58)16-14-15-21-49/h17-20,26-31,35-36,38-39,41H,12-16,21-25,49H2,1-11H3,(H,50,66)(H,51,63)(H,52,58)(H,53,60)(H,54,62)(H,56,61)(H,64,65)/t29-,30-,31-,35+,36-,38+,39+,41-/m0/s1. The predicted octanol–water partition coefficient (Wildman–Crippen LogP) is 4.91. The van der Waals surface area contributed by atoms with Crippen LogP contribution in [0.2, 0.25) is 0 Å². The minimum Gasteiger partial charge on any atom is -0.481 e. The molecule has 19 nitrogen and oxygen atoms in total. The van der Waals surface area contributed by atoms with E-state index < -0.39 is 71.9 Å². The van der Waals surface area contributed by atoms with Gasteiger partial charge in [-0.1, -0.05) is 67.0 Å². The third kappa shape index (κ3) is 19.9. The van der Waals surface area contributed by atoms with Crippen LogP contribution in [0, 0.1) is 23.7 Å². The van der Waals surface area contributed by atoms with Crippen molar-refractivity contribution in [3.8, 4) is 0 Å². The van der Waals surface area contributed by atoms with Crippen LogP contribution in [0.15, 0.2) is 29.6 Å². The van der Waals surface area contributed by atoms with Gasteiger partial charge in [-0.15, -0.1) is 11.3 Å². The number of hydrogen-bond donors (Lipinski definition) is 8. The molecule has 0 unspecified atom stereocenters. The smallest absolute Gasteiger partial charge is 0.407 e. The fourth-order valence-corrected chi connectivity index (χ4v) is 8.17. The van der Waals surface area contributed by atoms with Crippen molar-refractivity contribution in [1.29, 1.82) is 0 Å². The second-order valence-corrected chi connectivity index (χ2v) is 19.2. The largest absolute Gasteiger partial charge is 0.481 e. The SMILES string of the molecule is CCNC(=O)O[C@H](C[C@H](C(C)C)N(C)C(=O)C[C@@H](C)CC)c1nc(C(=O)N[C@@H](Cc2ccc(NC(=O)[C@H](C)NC(=O)[C@@H](NC(=O)[C@H](CCCCN)NC(C)=O)C(C)C)cc2)C[C@H](C)C(=O)O)cs1. The molecular formula is C48H77N9O10S. The summed E-state index contributed by atoms with van der Waals surface area (Å²) >= 11 is 1.14. The van der Waals surface area contributed by atoms with E-state index in [0.717, 1.165) is 23.3 Å². The molecule has 0 saturated carbocycles. The van der Waals surface area contributed by atoms with Crippen molar-refractivity contribution in [2.45, 2.75) is 157 Å². The Labute approximate surface area is 405 Å². The predicted molar refractivity (Wildman–Crippen MR) is 261 cm³/mol. The molecule has 0 aliphatic rings. The van der Waals surface area contributed by atoms with Crippen molar-refractivity contribution < 1.29 is 48.2 Å². The van der Waals surface area contributed by atoms with Gasteiger partial charge in [-0.3, -0.25) is 33.6 Å². The number of amides is 7. The number of rotatable bonds is 29. The number of carbonyl (C=O) groups is 8. The second kappa shape index (κ2) is 29.3. The lowest BCUT2D eigenvalue weighted by Gasteiger charge is -2.34. The monoisotopic (exact) mass is 972 g/mol. The number of hydrogen-bond acceptors (Lipinski definition) is 12. The molecule has 68 heavy (non-hydrogen) atoms. The molecule has 380 valence electrons. The third-order valence-corrected chi connectivity index (χ3v) is 12.6. The van der Waals surface area contributed by atoms with Crippen molar-refractivity contribution in [1.82, 2.24) is 36.5 Å². The van der Waals surface area contributed by atoms with Crippen LogP contribution in [0.25, 0.3) is 0 Å². The van der Waals surface area contributed by atoms with E-state index in [1.54, 1.807) is 69.3 Å². The van der Waals surface area contributed by atoms with Gasteiger partial charge >= 0.3 is 12.1 Å². The molecule has 0 aliphatic heterocycles. The number of nitrogens with one attached hydrogen (secondary N) is 6. The van der Waals surface area contributed by atoms with Crippen molar-refractivity contribution in [2.75, 3.05) is 25.5 Å². The number of carboxylic acid groups (broad SMARTS) is 1. The molecule has 0 aliphatic carbocycles. The van der Waals surface area contributed by atoms with Gasteiger partial charge in [-0.2, -0.15) is 0 Å². The molecule has 7 amide bonds. The van der Waals surface area contributed by atoms with Crippen molar-refractivity contribution >= 4 is 64.5 Å². The van der Waals surface area contributed by atoms with E-state index >= 15 is 0 Å². The Morgan fingerprint density at radius 2 is 1.50 bits per heavy atom. The van der Waals surface area contributed by atoms with Gasteiger partial charge in [0.05, 0.1) is 5.92 Å². The molecule has 0 spiro atoms. The molecule has 0 saturated heterocycles. The van der Waals surface area contributed by atoms with E-state index in [2.05, 4.69) is 36.9 Å². The maximum Gasteiger partial charge on any atom is 0.407 e. The van der Waals surface area contributed by atoms with Crippen LogP contribution in [0.3, 0.4) is 0 Å². The van der Waals surface area contributed by atoms with Crippen molar-refractivity contribution in [3.05, 3.63) is 45.9 Å². The molecule has 0 fully saturated rings. The number of thiazole rings is 1. The first kappa shape index (κ1) is 58.5. The van der Waals surface area contributed by atoms with Gasteiger partial charge in [0.15, 0.2) is 6.10 Å². The van der Waals surface area contributed by atoms with Crippen molar-refractivity contribution in [3.63, 3.8) is 0 Å². The molecule has 1 heterocycles.